The number of methoxy groups -OCH3 is 1. The van der Waals surface area contributed by atoms with Crippen LogP contribution in [0.5, 0.6) is 0 Å². The molecule has 1 saturated heterocycles. The van der Waals surface area contributed by atoms with Crippen LogP contribution in [-0.4, -0.2) is 51.3 Å². The number of rotatable bonds is 5. The highest BCUT2D eigenvalue weighted by Gasteiger charge is 2.47. The van der Waals surface area contributed by atoms with E-state index in [4.69, 9.17) is 9.47 Å². The lowest BCUT2D eigenvalue weighted by Crippen LogP contribution is -2.56. The first-order chi connectivity index (χ1) is 7.79. The van der Waals surface area contributed by atoms with Crippen LogP contribution in [0.3, 0.4) is 0 Å². The highest BCUT2D eigenvalue weighted by atomic mass is 16.5. The van der Waals surface area contributed by atoms with Crippen molar-refractivity contribution in [2.75, 3.05) is 40.5 Å². The Balaban J connectivity index is 2.43. The molecule has 0 aromatic heterocycles. The van der Waals surface area contributed by atoms with Gasteiger partial charge in [-0.25, -0.2) is 0 Å². The molecule has 0 atom stereocenters. The summed E-state index contributed by atoms with van der Waals surface area (Å²) in [5.74, 6) is -0.147. The summed E-state index contributed by atoms with van der Waals surface area (Å²) in [6.07, 6.45) is 1.11. The van der Waals surface area contributed by atoms with Crippen molar-refractivity contribution in [3.05, 3.63) is 0 Å². The number of hydrogen-bond donors (Lipinski definition) is 0. The van der Waals surface area contributed by atoms with E-state index < -0.39 is 5.41 Å². The maximum Gasteiger partial charge on any atom is 0.317 e. The molecule has 1 aliphatic rings. The summed E-state index contributed by atoms with van der Waals surface area (Å²) in [5.41, 5.74) is -0.107. The average molecular weight is 243 g/mol. The van der Waals surface area contributed by atoms with Gasteiger partial charge < -0.3 is 14.4 Å². The summed E-state index contributed by atoms with van der Waals surface area (Å²) in [5, 5.41) is 0. The first kappa shape index (κ1) is 14.5. The van der Waals surface area contributed by atoms with Crippen molar-refractivity contribution in [2.45, 2.75) is 27.2 Å². The predicted molar refractivity (Wildman–Crippen MR) is 66.8 cm³/mol. The summed E-state index contributed by atoms with van der Waals surface area (Å²) in [4.78, 5) is 13.9. The number of nitrogens with zero attached hydrogens (tertiary/aromatic N) is 1. The normalized spacial score (nSPS) is 18.9. The largest absolute Gasteiger partial charge is 0.468 e. The molecule has 0 amide bonds. The van der Waals surface area contributed by atoms with Gasteiger partial charge in [-0.15, -0.1) is 0 Å². The molecule has 0 aliphatic carbocycles. The number of hydrogen-bond acceptors (Lipinski definition) is 4. The van der Waals surface area contributed by atoms with Gasteiger partial charge in [-0.1, -0.05) is 20.8 Å². The first-order valence-corrected chi connectivity index (χ1v) is 6.14. The maximum atomic E-state index is 11.7. The van der Waals surface area contributed by atoms with Gasteiger partial charge in [-0.2, -0.15) is 0 Å². The Kier molecular flexibility index (Phi) is 4.55. The van der Waals surface area contributed by atoms with E-state index >= 15 is 0 Å². The minimum atomic E-state index is -0.429. The van der Waals surface area contributed by atoms with E-state index in [2.05, 4.69) is 32.7 Å². The van der Waals surface area contributed by atoms with E-state index in [0.29, 0.717) is 18.6 Å². The molecule has 0 unspecified atom stereocenters. The maximum absolute atomic E-state index is 11.7. The Hall–Kier alpha value is -0.610. The Morgan fingerprint density at radius 3 is 2.35 bits per heavy atom. The Bertz CT molecular complexity index is 266. The predicted octanol–water partition coefficient (Wildman–Crippen LogP) is 1.54. The van der Waals surface area contributed by atoms with Crippen molar-refractivity contribution in [2.24, 2.45) is 10.8 Å². The molecule has 100 valence electrons. The molecule has 1 heterocycles. The topological polar surface area (TPSA) is 38.8 Å². The lowest BCUT2D eigenvalue weighted by Gasteiger charge is -2.41. The SMILES string of the molecule is COC(=O)C1(CN(C)CCC(C)(C)C)COC1. The molecule has 0 spiro atoms. The molecule has 1 rings (SSSR count). The molecule has 17 heavy (non-hydrogen) atoms. The third-order valence-electron chi connectivity index (χ3n) is 3.19. The monoisotopic (exact) mass is 243 g/mol. The number of ether oxygens (including phenoxy) is 2. The van der Waals surface area contributed by atoms with Gasteiger partial charge in [0, 0.05) is 6.54 Å². The van der Waals surface area contributed by atoms with Crippen LogP contribution in [0.15, 0.2) is 0 Å². The van der Waals surface area contributed by atoms with Crippen LogP contribution in [0.1, 0.15) is 27.2 Å². The van der Waals surface area contributed by atoms with Crippen molar-refractivity contribution in [3.8, 4) is 0 Å². The fourth-order valence-electron chi connectivity index (χ4n) is 1.96. The fourth-order valence-corrected chi connectivity index (χ4v) is 1.96. The lowest BCUT2D eigenvalue weighted by molar-refractivity contribution is -0.186. The van der Waals surface area contributed by atoms with Crippen LogP contribution < -0.4 is 0 Å². The molecular weight excluding hydrogens is 218 g/mol. The van der Waals surface area contributed by atoms with Crippen LogP contribution in [0.4, 0.5) is 0 Å². The van der Waals surface area contributed by atoms with Gasteiger partial charge in [0.2, 0.25) is 0 Å². The average Bonchev–Trinajstić information content (AvgIpc) is 2.18. The Morgan fingerprint density at radius 1 is 1.41 bits per heavy atom. The second-order valence-electron chi connectivity index (χ2n) is 6.31. The number of esters is 1. The van der Waals surface area contributed by atoms with Crippen molar-refractivity contribution in [1.82, 2.24) is 4.90 Å². The molecule has 1 aliphatic heterocycles. The number of carbonyl (C=O) groups excluding carboxylic acids is 1. The van der Waals surface area contributed by atoms with Gasteiger partial charge in [-0.05, 0) is 25.4 Å². The second-order valence-corrected chi connectivity index (χ2v) is 6.31. The molecule has 1 fully saturated rings. The van der Waals surface area contributed by atoms with Gasteiger partial charge in [-0.3, -0.25) is 4.79 Å². The van der Waals surface area contributed by atoms with E-state index in [0.717, 1.165) is 19.5 Å². The number of carbonyl (C=O) groups is 1. The van der Waals surface area contributed by atoms with Gasteiger partial charge in [0.1, 0.15) is 5.41 Å². The van der Waals surface area contributed by atoms with E-state index in [1.54, 1.807) is 0 Å². The molecule has 4 heteroatoms. The van der Waals surface area contributed by atoms with E-state index in [1.165, 1.54) is 7.11 Å². The zero-order valence-corrected chi connectivity index (χ0v) is 11.7. The molecule has 0 N–H and O–H groups in total. The molecule has 0 saturated carbocycles. The third-order valence-corrected chi connectivity index (χ3v) is 3.19. The highest BCUT2D eigenvalue weighted by Crippen LogP contribution is 2.30. The van der Waals surface area contributed by atoms with Crippen molar-refractivity contribution in [3.63, 3.8) is 0 Å². The molecular formula is C13H25NO3. The fraction of sp³-hybridized carbons (Fsp3) is 0.923. The quantitative estimate of drug-likeness (QED) is 0.687. The standard InChI is InChI=1S/C13H25NO3/c1-12(2,3)6-7-14(4)8-13(9-17-10-13)11(15)16-5/h6-10H2,1-5H3. The van der Waals surface area contributed by atoms with E-state index in [9.17, 15) is 4.79 Å². The third kappa shape index (κ3) is 3.96. The van der Waals surface area contributed by atoms with Gasteiger partial charge in [0.05, 0.1) is 20.3 Å². The Labute approximate surface area is 104 Å². The van der Waals surface area contributed by atoms with Crippen LogP contribution in [-0.2, 0) is 14.3 Å². The highest BCUT2D eigenvalue weighted by molar-refractivity contribution is 5.78. The van der Waals surface area contributed by atoms with Crippen molar-refractivity contribution in [1.29, 1.82) is 0 Å². The minimum Gasteiger partial charge on any atom is -0.468 e. The second kappa shape index (κ2) is 5.36. The summed E-state index contributed by atoms with van der Waals surface area (Å²) < 4.78 is 10.0. The van der Waals surface area contributed by atoms with Crippen molar-refractivity contribution < 1.29 is 14.3 Å². The summed E-state index contributed by atoms with van der Waals surface area (Å²) >= 11 is 0. The van der Waals surface area contributed by atoms with Crippen LogP contribution >= 0.6 is 0 Å². The van der Waals surface area contributed by atoms with E-state index in [-0.39, 0.29) is 5.97 Å². The van der Waals surface area contributed by atoms with Crippen molar-refractivity contribution >= 4 is 5.97 Å². The van der Waals surface area contributed by atoms with E-state index in [1.807, 2.05) is 0 Å². The minimum absolute atomic E-state index is 0.147. The molecule has 0 radical (unpaired) electrons. The summed E-state index contributed by atoms with van der Waals surface area (Å²) in [6, 6.07) is 0. The summed E-state index contributed by atoms with van der Waals surface area (Å²) in [7, 11) is 3.49. The van der Waals surface area contributed by atoms with Crippen LogP contribution in [0.25, 0.3) is 0 Å². The van der Waals surface area contributed by atoms with Crippen LogP contribution in [0.2, 0.25) is 0 Å². The molecule has 4 nitrogen and oxygen atoms in total. The van der Waals surface area contributed by atoms with Gasteiger partial charge in [0.15, 0.2) is 0 Å². The smallest absolute Gasteiger partial charge is 0.317 e. The van der Waals surface area contributed by atoms with Gasteiger partial charge in [0.25, 0.3) is 0 Å². The zero-order valence-electron chi connectivity index (χ0n) is 11.7. The zero-order chi connectivity index (χ0) is 13.1. The summed E-state index contributed by atoms with van der Waals surface area (Å²) in [6.45, 7) is 9.35. The Morgan fingerprint density at radius 2 is 2.00 bits per heavy atom. The van der Waals surface area contributed by atoms with Crippen LogP contribution in [0, 0.1) is 10.8 Å². The first-order valence-electron chi connectivity index (χ1n) is 6.14. The van der Waals surface area contributed by atoms with Gasteiger partial charge >= 0.3 is 5.97 Å². The molecule has 0 aromatic rings. The molecule has 0 aromatic carbocycles. The molecule has 0 bridgehead atoms. The lowest BCUT2D eigenvalue weighted by atomic mass is 9.85.